The SMILES string of the molecule is S=P1(Oc2ccccc2Br)N(c2ccccc2)CC2CCCN21. The fraction of sp³-hybridized carbons (Fsp3) is 0.294. The van der Waals surface area contributed by atoms with Crippen LogP contribution in [0.2, 0.25) is 0 Å². The summed E-state index contributed by atoms with van der Waals surface area (Å²) in [7, 11) is 0. The van der Waals surface area contributed by atoms with E-state index in [0.29, 0.717) is 6.04 Å². The Morgan fingerprint density at radius 1 is 1.09 bits per heavy atom. The number of hydrogen-bond donors (Lipinski definition) is 0. The second-order valence-corrected chi connectivity index (χ2v) is 10.3. The summed E-state index contributed by atoms with van der Waals surface area (Å²) in [4.78, 5) is 0. The highest BCUT2D eigenvalue weighted by molar-refractivity contribution is 9.10. The standard InChI is InChI=1S/C17H18BrN2OPS/c18-16-10-4-5-11-17(16)21-22(23)19-12-6-9-15(19)13-20(22)14-7-2-1-3-8-14/h1-5,7-8,10-11,15H,6,9,12-13H2. The average Bonchev–Trinajstić information content (AvgIpc) is 3.13. The number of hydrogen-bond acceptors (Lipinski definition) is 2. The Labute approximate surface area is 150 Å². The smallest absolute Gasteiger partial charge is 0.279 e. The van der Waals surface area contributed by atoms with Gasteiger partial charge in [0.15, 0.2) is 0 Å². The van der Waals surface area contributed by atoms with Gasteiger partial charge in [0.1, 0.15) is 5.75 Å². The van der Waals surface area contributed by atoms with Crippen LogP contribution in [0.25, 0.3) is 0 Å². The third-order valence-electron chi connectivity index (χ3n) is 4.47. The maximum Gasteiger partial charge on any atom is 0.279 e. The normalized spacial score (nSPS) is 27.2. The van der Waals surface area contributed by atoms with Gasteiger partial charge in [0, 0.05) is 24.8 Å². The molecule has 0 saturated carbocycles. The molecule has 2 fully saturated rings. The minimum absolute atomic E-state index is 0.517. The Morgan fingerprint density at radius 2 is 1.83 bits per heavy atom. The summed E-state index contributed by atoms with van der Waals surface area (Å²) in [5, 5.41) is 0. The van der Waals surface area contributed by atoms with Crippen LogP contribution >= 0.6 is 22.5 Å². The molecule has 2 aliphatic heterocycles. The van der Waals surface area contributed by atoms with Gasteiger partial charge in [-0.1, -0.05) is 30.3 Å². The Morgan fingerprint density at radius 3 is 2.61 bits per heavy atom. The molecule has 120 valence electrons. The zero-order valence-corrected chi connectivity index (χ0v) is 15.9. The van der Waals surface area contributed by atoms with Crippen LogP contribution in [-0.2, 0) is 11.8 Å². The summed E-state index contributed by atoms with van der Waals surface area (Å²) in [6, 6.07) is 18.9. The molecule has 0 spiro atoms. The molecular weight excluding hydrogens is 391 g/mol. The zero-order chi connectivity index (χ0) is 15.9. The predicted molar refractivity (Wildman–Crippen MR) is 103 cm³/mol. The summed E-state index contributed by atoms with van der Waals surface area (Å²) in [5.41, 5.74) is 1.16. The van der Waals surface area contributed by atoms with Crippen molar-refractivity contribution in [3.63, 3.8) is 0 Å². The topological polar surface area (TPSA) is 15.7 Å². The monoisotopic (exact) mass is 408 g/mol. The van der Waals surface area contributed by atoms with Crippen LogP contribution in [0.15, 0.2) is 59.1 Å². The molecule has 6 heteroatoms. The van der Waals surface area contributed by atoms with Crippen LogP contribution in [0, 0.1) is 0 Å². The minimum Gasteiger partial charge on any atom is -0.436 e. The fourth-order valence-corrected chi connectivity index (χ4v) is 7.95. The van der Waals surface area contributed by atoms with E-state index in [4.69, 9.17) is 16.3 Å². The molecule has 2 aromatic rings. The van der Waals surface area contributed by atoms with Gasteiger partial charge in [-0.2, -0.15) is 0 Å². The maximum atomic E-state index is 6.51. The van der Waals surface area contributed by atoms with Crippen molar-refractivity contribution in [3.8, 4) is 5.75 Å². The number of nitrogens with zero attached hydrogens (tertiary/aromatic N) is 2. The van der Waals surface area contributed by atoms with E-state index in [1.54, 1.807) is 0 Å². The summed E-state index contributed by atoms with van der Waals surface area (Å²) in [6.07, 6.45) is 2.42. The van der Waals surface area contributed by atoms with Crippen molar-refractivity contribution < 1.29 is 4.52 Å². The van der Waals surface area contributed by atoms with E-state index >= 15 is 0 Å². The molecule has 0 N–H and O–H groups in total. The number of para-hydroxylation sites is 2. The maximum absolute atomic E-state index is 6.51. The number of fused-ring (bicyclic) bond motifs is 1. The lowest BCUT2D eigenvalue weighted by molar-refractivity contribution is 0.430. The Balaban J connectivity index is 1.75. The Bertz CT molecular complexity index is 757. The molecule has 0 aromatic heterocycles. The second-order valence-electron chi connectivity index (χ2n) is 5.89. The van der Waals surface area contributed by atoms with Crippen molar-refractivity contribution in [3.05, 3.63) is 59.1 Å². The lowest BCUT2D eigenvalue weighted by atomic mass is 10.2. The van der Waals surface area contributed by atoms with E-state index in [2.05, 4.69) is 49.5 Å². The Kier molecular flexibility index (Phi) is 4.22. The molecule has 2 saturated heterocycles. The summed E-state index contributed by atoms with van der Waals surface area (Å²) >= 11 is 9.76. The molecule has 2 heterocycles. The lowest BCUT2D eigenvalue weighted by Gasteiger charge is -2.34. The van der Waals surface area contributed by atoms with E-state index < -0.39 is 6.57 Å². The largest absolute Gasteiger partial charge is 0.436 e. The number of rotatable bonds is 3. The molecule has 2 atom stereocenters. The highest BCUT2D eigenvalue weighted by Crippen LogP contribution is 2.63. The minimum atomic E-state index is -2.28. The predicted octanol–water partition coefficient (Wildman–Crippen LogP) is 5.04. The van der Waals surface area contributed by atoms with E-state index in [0.717, 1.165) is 29.0 Å². The van der Waals surface area contributed by atoms with Gasteiger partial charge in [0.05, 0.1) is 4.47 Å². The van der Waals surface area contributed by atoms with Crippen molar-refractivity contribution in [2.24, 2.45) is 0 Å². The zero-order valence-electron chi connectivity index (χ0n) is 12.6. The van der Waals surface area contributed by atoms with E-state index in [-0.39, 0.29) is 0 Å². The highest BCUT2D eigenvalue weighted by Gasteiger charge is 2.49. The summed E-state index contributed by atoms with van der Waals surface area (Å²) in [5.74, 6) is 0.837. The molecule has 3 nitrogen and oxygen atoms in total. The van der Waals surface area contributed by atoms with E-state index in [1.165, 1.54) is 12.8 Å². The first-order valence-electron chi connectivity index (χ1n) is 7.83. The number of benzene rings is 2. The van der Waals surface area contributed by atoms with Gasteiger partial charge in [-0.05, 0) is 64.8 Å². The van der Waals surface area contributed by atoms with Gasteiger partial charge < -0.3 is 9.19 Å². The number of anilines is 1. The van der Waals surface area contributed by atoms with Crippen LogP contribution in [0.5, 0.6) is 5.75 Å². The fourth-order valence-electron chi connectivity index (χ4n) is 3.38. The van der Waals surface area contributed by atoms with Gasteiger partial charge in [-0.25, -0.2) is 4.67 Å². The Hall–Kier alpha value is -0.870. The lowest BCUT2D eigenvalue weighted by Crippen LogP contribution is -2.23. The molecule has 0 bridgehead atoms. The first-order chi connectivity index (χ1) is 11.2. The highest BCUT2D eigenvalue weighted by atomic mass is 79.9. The van der Waals surface area contributed by atoms with Crippen molar-refractivity contribution >= 4 is 40.0 Å². The van der Waals surface area contributed by atoms with Crippen molar-refractivity contribution in [2.45, 2.75) is 18.9 Å². The first-order valence-corrected chi connectivity index (χ1v) is 11.2. The van der Waals surface area contributed by atoms with Crippen LogP contribution < -0.4 is 9.19 Å². The summed E-state index contributed by atoms with van der Waals surface area (Å²) in [6.45, 7) is -0.283. The van der Waals surface area contributed by atoms with Crippen molar-refractivity contribution in [2.75, 3.05) is 17.8 Å². The number of halogens is 1. The van der Waals surface area contributed by atoms with Crippen LogP contribution in [0.1, 0.15) is 12.8 Å². The van der Waals surface area contributed by atoms with E-state index in [1.807, 2.05) is 30.3 Å². The van der Waals surface area contributed by atoms with Crippen LogP contribution in [0.4, 0.5) is 5.69 Å². The summed E-state index contributed by atoms with van der Waals surface area (Å²) < 4.78 is 12.2. The van der Waals surface area contributed by atoms with Crippen LogP contribution in [-0.4, -0.2) is 23.8 Å². The quantitative estimate of drug-likeness (QED) is 0.660. The van der Waals surface area contributed by atoms with Gasteiger partial charge >= 0.3 is 0 Å². The van der Waals surface area contributed by atoms with Crippen LogP contribution in [0.3, 0.4) is 0 Å². The molecule has 2 aromatic carbocycles. The van der Waals surface area contributed by atoms with Crippen molar-refractivity contribution in [1.29, 1.82) is 0 Å². The third kappa shape index (κ3) is 2.74. The molecular formula is C17H18BrN2OPS. The average molecular weight is 409 g/mol. The molecule has 2 aliphatic rings. The van der Waals surface area contributed by atoms with Gasteiger partial charge in [-0.15, -0.1) is 0 Å². The van der Waals surface area contributed by atoms with E-state index in [9.17, 15) is 0 Å². The third-order valence-corrected chi connectivity index (χ3v) is 9.18. The molecule has 0 amide bonds. The molecule has 0 aliphatic carbocycles. The molecule has 23 heavy (non-hydrogen) atoms. The molecule has 0 radical (unpaired) electrons. The first kappa shape index (κ1) is 15.6. The van der Waals surface area contributed by atoms with Gasteiger partial charge in [0.25, 0.3) is 6.57 Å². The van der Waals surface area contributed by atoms with Crippen molar-refractivity contribution in [1.82, 2.24) is 4.67 Å². The van der Waals surface area contributed by atoms with Gasteiger partial charge in [-0.3, -0.25) is 0 Å². The second kappa shape index (κ2) is 6.21. The molecule has 2 unspecified atom stereocenters. The van der Waals surface area contributed by atoms with Gasteiger partial charge in [0.2, 0.25) is 0 Å². The molecule has 4 rings (SSSR count).